The highest BCUT2D eigenvalue weighted by molar-refractivity contribution is 6.53. The molecule has 0 radical (unpaired) electrons. The molecule has 3 amide bonds. The Balaban J connectivity index is 1.57. The third-order valence-electron chi connectivity index (χ3n) is 5.28. The molecule has 0 atom stereocenters. The van der Waals surface area contributed by atoms with Gasteiger partial charge in [-0.2, -0.15) is 0 Å². The molecular weight excluding hydrogens is 497 g/mol. The fourth-order valence-electron chi connectivity index (χ4n) is 3.46. The van der Waals surface area contributed by atoms with E-state index in [4.69, 9.17) is 34.8 Å². The summed E-state index contributed by atoms with van der Waals surface area (Å²) in [7, 11) is 0. The lowest BCUT2D eigenvalue weighted by Gasteiger charge is -2.18. The minimum absolute atomic E-state index is 0.0886. The van der Waals surface area contributed by atoms with Crippen molar-refractivity contribution in [2.45, 2.75) is 13.8 Å². The molecule has 0 aliphatic carbocycles. The largest absolute Gasteiger partial charge is 0.350 e. The van der Waals surface area contributed by atoms with Gasteiger partial charge in [-0.1, -0.05) is 53.0 Å². The van der Waals surface area contributed by atoms with Gasteiger partial charge in [0, 0.05) is 27.0 Å². The number of nitrogens with one attached hydrogen (secondary N) is 2. The summed E-state index contributed by atoms with van der Waals surface area (Å²) in [5, 5.41) is 6.34. The standard InChI is InChI=1S/C25H18Cl3N3O3/c1-13-6-8-16(26)11-19(13)30-23(32)15-4-3-5-18(10-15)29-22-21(28)24(33)31(25(22)34)20-12-17(27)9-7-14(20)2/h3-12,29H,1-2H3,(H,30,32). The number of imide groups is 1. The third kappa shape index (κ3) is 4.66. The monoisotopic (exact) mass is 513 g/mol. The van der Waals surface area contributed by atoms with E-state index in [9.17, 15) is 14.4 Å². The highest BCUT2D eigenvalue weighted by Crippen LogP contribution is 2.33. The molecule has 2 N–H and O–H groups in total. The first-order valence-electron chi connectivity index (χ1n) is 10.1. The minimum Gasteiger partial charge on any atom is -0.350 e. The average molecular weight is 515 g/mol. The number of anilines is 3. The van der Waals surface area contributed by atoms with Crippen LogP contribution < -0.4 is 15.5 Å². The zero-order valence-electron chi connectivity index (χ0n) is 18.1. The first-order valence-corrected chi connectivity index (χ1v) is 11.3. The van der Waals surface area contributed by atoms with Crippen LogP contribution in [0.5, 0.6) is 0 Å². The molecular formula is C25H18Cl3N3O3. The molecule has 6 nitrogen and oxygen atoms in total. The quantitative estimate of drug-likeness (QED) is 0.392. The summed E-state index contributed by atoms with van der Waals surface area (Å²) < 4.78 is 0. The summed E-state index contributed by atoms with van der Waals surface area (Å²) in [5.74, 6) is -1.64. The predicted molar refractivity (Wildman–Crippen MR) is 136 cm³/mol. The number of halogens is 3. The van der Waals surface area contributed by atoms with Crippen molar-refractivity contribution < 1.29 is 14.4 Å². The summed E-state index contributed by atoms with van der Waals surface area (Å²) in [6.45, 7) is 3.61. The van der Waals surface area contributed by atoms with Crippen LogP contribution in [0.2, 0.25) is 10.0 Å². The van der Waals surface area contributed by atoms with Crippen LogP contribution in [0.3, 0.4) is 0 Å². The summed E-state index contributed by atoms with van der Waals surface area (Å²) in [4.78, 5) is 39.6. The fourth-order valence-corrected chi connectivity index (χ4v) is 4.01. The van der Waals surface area contributed by atoms with E-state index in [-0.39, 0.29) is 16.6 Å². The molecule has 9 heteroatoms. The van der Waals surface area contributed by atoms with Crippen LogP contribution in [0.15, 0.2) is 71.4 Å². The number of hydrogen-bond acceptors (Lipinski definition) is 4. The molecule has 0 bridgehead atoms. The molecule has 0 fully saturated rings. The molecule has 1 heterocycles. The van der Waals surface area contributed by atoms with Gasteiger partial charge in [-0.05, 0) is 67.4 Å². The van der Waals surface area contributed by atoms with Crippen molar-refractivity contribution in [3.63, 3.8) is 0 Å². The van der Waals surface area contributed by atoms with Crippen LogP contribution in [0.1, 0.15) is 21.5 Å². The Morgan fingerprint density at radius 1 is 0.824 bits per heavy atom. The molecule has 172 valence electrons. The zero-order valence-corrected chi connectivity index (χ0v) is 20.3. The van der Waals surface area contributed by atoms with Crippen molar-refractivity contribution in [3.8, 4) is 0 Å². The fraction of sp³-hybridized carbons (Fsp3) is 0.0800. The molecule has 0 saturated carbocycles. The Kier molecular flexibility index (Phi) is 6.66. The van der Waals surface area contributed by atoms with E-state index in [2.05, 4.69) is 10.6 Å². The second-order valence-electron chi connectivity index (χ2n) is 7.68. The maximum atomic E-state index is 13.1. The molecule has 0 saturated heterocycles. The summed E-state index contributed by atoms with van der Waals surface area (Å²) >= 11 is 18.3. The highest BCUT2D eigenvalue weighted by atomic mass is 35.5. The van der Waals surface area contributed by atoms with Crippen molar-refractivity contribution in [3.05, 3.63) is 98.1 Å². The van der Waals surface area contributed by atoms with Gasteiger partial charge >= 0.3 is 0 Å². The molecule has 1 aliphatic heterocycles. The van der Waals surface area contributed by atoms with Crippen LogP contribution in [-0.2, 0) is 9.59 Å². The maximum Gasteiger partial charge on any atom is 0.283 e. The molecule has 34 heavy (non-hydrogen) atoms. The smallest absolute Gasteiger partial charge is 0.283 e. The second-order valence-corrected chi connectivity index (χ2v) is 8.94. The van der Waals surface area contributed by atoms with Gasteiger partial charge in [-0.3, -0.25) is 14.4 Å². The SMILES string of the molecule is Cc1ccc(Cl)cc1NC(=O)c1cccc(NC2=C(Cl)C(=O)N(c3cc(Cl)ccc3C)C2=O)c1. The Morgan fingerprint density at radius 3 is 2.24 bits per heavy atom. The van der Waals surface area contributed by atoms with Gasteiger partial charge in [0.2, 0.25) is 0 Å². The number of aryl methyl sites for hydroxylation is 2. The normalized spacial score (nSPS) is 13.5. The number of carbonyl (C=O) groups excluding carboxylic acids is 3. The molecule has 3 aromatic carbocycles. The van der Waals surface area contributed by atoms with Crippen LogP contribution in [0, 0.1) is 13.8 Å². The van der Waals surface area contributed by atoms with Gasteiger partial charge in [0.1, 0.15) is 10.7 Å². The number of nitrogens with zero attached hydrogens (tertiary/aromatic N) is 1. The molecule has 0 unspecified atom stereocenters. The van der Waals surface area contributed by atoms with Crippen molar-refractivity contribution >= 4 is 69.6 Å². The van der Waals surface area contributed by atoms with Crippen LogP contribution in [0.25, 0.3) is 0 Å². The van der Waals surface area contributed by atoms with Gasteiger partial charge < -0.3 is 10.6 Å². The Labute approximate surface area is 211 Å². The van der Waals surface area contributed by atoms with E-state index < -0.39 is 11.8 Å². The first kappa shape index (κ1) is 23.8. The third-order valence-corrected chi connectivity index (χ3v) is 6.10. The number of rotatable bonds is 5. The summed E-state index contributed by atoms with van der Waals surface area (Å²) in [5.41, 5.74) is 3.14. The van der Waals surface area contributed by atoms with Crippen molar-refractivity contribution in [2.75, 3.05) is 15.5 Å². The van der Waals surface area contributed by atoms with E-state index in [0.29, 0.717) is 38.2 Å². The molecule has 1 aliphatic rings. The van der Waals surface area contributed by atoms with Crippen molar-refractivity contribution in [2.24, 2.45) is 0 Å². The zero-order chi connectivity index (χ0) is 24.6. The van der Waals surface area contributed by atoms with E-state index in [1.165, 1.54) is 6.07 Å². The van der Waals surface area contributed by atoms with Crippen LogP contribution in [0.4, 0.5) is 17.1 Å². The number of hydrogen-bond donors (Lipinski definition) is 2. The maximum absolute atomic E-state index is 13.1. The van der Waals surface area contributed by atoms with Gasteiger partial charge in [-0.15, -0.1) is 0 Å². The van der Waals surface area contributed by atoms with E-state index in [1.807, 2.05) is 6.92 Å². The minimum atomic E-state index is -0.662. The summed E-state index contributed by atoms with van der Waals surface area (Å²) in [6.07, 6.45) is 0. The van der Waals surface area contributed by atoms with E-state index in [1.54, 1.807) is 61.5 Å². The number of amides is 3. The second kappa shape index (κ2) is 9.50. The topological polar surface area (TPSA) is 78.5 Å². The molecule has 4 rings (SSSR count). The first-order chi connectivity index (χ1) is 16.2. The van der Waals surface area contributed by atoms with Gasteiger partial charge in [0.05, 0.1) is 5.69 Å². The van der Waals surface area contributed by atoms with Crippen molar-refractivity contribution in [1.82, 2.24) is 0 Å². The predicted octanol–water partition coefficient (Wildman–Crippen LogP) is 6.30. The number of benzene rings is 3. The highest BCUT2D eigenvalue weighted by Gasteiger charge is 2.39. The van der Waals surface area contributed by atoms with Gasteiger partial charge in [-0.25, -0.2) is 4.90 Å². The van der Waals surface area contributed by atoms with Gasteiger partial charge in [0.25, 0.3) is 17.7 Å². The Hall–Kier alpha value is -3.32. The lowest BCUT2D eigenvalue weighted by molar-refractivity contribution is -0.120. The molecule has 0 spiro atoms. The molecule has 0 aromatic heterocycles. The average Bonchev–Trinajstić information content (AvgIpc) is 3.01. The Bertz CT molecular complexity index is 1380. The lowest BCUT2D eigenvalue weighted by atomic mass is 10.1. The van der Waals surface area contributed by atoms with Crippen LogP contribution >= 0.6 is 34.8 Å². The van der Waals surface area contributed by atoms with E-state index >= 15 is 0 Å². The molecule has 3 aromatic rings. The van der Waals surface area contributed by atoms with Crippen LogP contribution in [-0.4, -0.2) is 17.7 Å². The van der Waals surface area contributed by atoms with E-state index in [0.717, 1.165) is 10.5 Å². The number of carbonyl (C=O) groups is 3. The summed E-state index contributed by atoms with van der Waals surface area (Å²) in [6, 6.07) is 16.6. The van der Waals surface area contributed by atoms with Gasteiger partial charge in [0.15, 0.2) is 0 Å². The Morgan fingerprint density at radius 2 is 1.50 bits per heavy atom. The van der Waals surface area contributed by atoms with Crippen molar-refractivity contribution in [1.29, 1.82) is 0 Å². The lowest BCUT2D eigenvalue weighted by Crippen LogP contribution is -2.32.